The van der Waals surface area contributed by atoms with Crippen LogP contribution in [0.3, 0.4) is 0 Å². The number of carbonyl (C=O) groups is 1. The number of ether oxygens (including phenoxy) is 18. The Bertz CT molecular complexity index is 2870. The lowest BCUT2D eigenvalue weighted by molar-refractivity contribution is -0.374. The van der Waals surface area contributed by atoms with Crippen LogP contribution in [-0.4, -0.2) is 289 Å². The predicted molar refractivity (Wildman–Crippen MR) is 345 cm³/mol. The van der Waals surface area contributed by atoms with Crippen molar-refractivity contribution in [2.24, 2.45) is 16.7 Å². The number of aliphatic hydroxyl groups excluding tert-OH is 6. The number of esters is 1. The van der Waals surface area contributed by atoms with Gasteiger partial charge in [-0.2, -0.15) is 0 Å². The summed E-state index contributed by atoms with van der Waals surface area (Å²) in [6.07, 6.45) is -17.5. The highest BCUT2D eigenvalue weighted by atomic mass is 16.8. The largest absolute Gasteiger partial charge is 0.458 e. The maximum absolute atomic E-state index is 13.7. The van der Waals surface area contributed by atoms with Gasteiger partial charge >= 0.3 is 5.97 Å². The maximum Gasteiger partial charge on any atom is 0.331 e. The normalized spacial score (nSPS) is 49.8. The summed E-state index contributed by atoms with van der Waals surface area (Å²) in [5.74, 6) is -1.24. The third-order valence-corrected chi connectivity index (χ3v) is 24.2. The molecule has 0 amide bonds. The Labute approximate surface area is 579 Å². The highest BCUT2D eigenvalue weighted by Gasteiger charge is 2.81. The molecule has 9 N–H and O–H groups in total. The second kappa shape index (κ2) is 31.3. The first kappa shape index (κ1) is 77.2. The minimum absolute atomic E-state index is 0.00528. The monoisotopic (exact) mass is 1410 g/mol. The van der Waals surface area contributed by atoms with Gasteiger partial charge in [-0.05, 0) is 104 Å². The number of rotatable bonds is 22. The molecule has 4 aliphatic carbocycles. The first-order valence-corrected chi connectivity index (χ1v) is 35.3. The van der Waals surface area contributed by atoms with E-state index in [1.807, 2.05) is 57.2 Å². The summed E-state index contributed by atoms with van der Waals surface area (Å²) in [6.45, 7) is 13.7. The Morgan fingerprint density at radius 2 is 1.06 bits per heavy atom. The van der Waals surface area contributed by atoms with E-state index in [1.165, 1.54) is 27.2 Å². The minimum atomic E-state index is -1.94. The van der Waals surface area contributed by atoms with Gasteiger partial charge < -0.3 is 131 Å². The molecule has 0 unspecified atom stereocenters. The summed E-state index contributed by atoms with van der Waals surface area (Å²) in [7, 11) is 7.74. The molecule has 28 nitrogen and oxygen atoms in total. The Morgan fingerprint density at radius 3 is 1.56 bits per heavy atom. The molecule has 0 radical (unpaired) electrons. The van der Waals surface area contributed by atoms with Gasteiger partial charge in [-0.15, -0.1) is 0 Å². The highest BCUT2D eigenvalue weighted by Crippen LogP contribution is 2.71. The molecule has 9 fully saturated rings. The smallest absolute Gasteiger partial charge is 0.331 e. The van der Waals surface area contributed by atoms with Crippen LogP contribution in [0, 0.1) is 16.7 Å². The van der Waals surface area contributed by atoms with E-state index in [0.29, 0.717) is 32.1 Å². The summed E-state index contributed by atoms with van der Waals surface area (Å²) in [6, 6.07) is 9.31. The van der Waals surface area contributed by atoms with Gasteiger partial charge in [0.25, 0.3) is 0 Å². The van der Waals surface area contributed by atoms with Crippen LogP contribution in [0.2, 0.25) is 0 Å². The molecule has 6 saturated heterocycles. The SMILES string of the molecule is CO[C@@H]1[C@@H](O)[C@H](O[C@@H]2[C@@H](C)O[C@@H](O[C@@H]3[C@@H](C)O[C@@H](O[C@H]4[C@@H](OC)C[C@H](O[C@H]5[C@@H](OC)C[C@H](O[C@H]6CC[C@@]7(C)C(=CC[C@]8(O)[C@@H]7C[C@@H](OC(=O)/C=C/c7ccccc7)[C@@]7(C)[C@@]8(O)CC[C@@]7(O)[C@H](C)O)C6)O[C@@H]5C)O[C@@H]4C)C[C@H]3OC)C[C@H]2OC)O[C@H](C)[C@H]1O[C@@H]1O[C@H](CO)[C@@H](O)[C@H](O)[C@H]1O. The molecule has 28 heteroatoms. The molecule has 11 rings (SSSR count). The van der Waals surface area contributed by atoms with Gasteiger partial charge in [-0.25, -0.2) is 4.79 Å². The minimum Gasteiger partial charge on any atom is -0.458 e. The zero-order chi connectivity index (χ0) is 71.4. The molecular weight excluding hydrogens is 1300 g/mol. The zero-order valence-electron chi connectivity index (χ0n) is 59.2. The van der Waals surface area contributed by atoms with E-state index < -0.39 is 218 Å². The summed E-state index contributed by atoms with van der Waals surface area (Å²) >= 11 is 0. The Balaban J connectivity index is 0.658. The molecular formula is C71H110O28. The lowest BCUT2D eigenvalue weighted by atomic mass is 9.42. The fourth-order valence-electron chi connectivity index (χ4n) is 18.4. The summed E-state index contributed by atoms with van der Waals surface area (Å²) in [5.41, 5.74) is -5.96. The Kier molecular flexibility index (Phi) is 24.4. The van der Waals surface area contributed by atoms with E-state index in [9.17, 15) is 50.8 Å². The lowest BCUT2D eigenvalue weighted by Crippen LogP contribution is -2.78. The molecule has 3 saturated carbocycles. The van der Waals surface area contributed by atoms with Crippen LogP contribution in [0.1, 0.15) is 132 Å². The van der Waals surface area contributed by atoms with E-state index in [2.05, 4.69) is 6.92 Å². The average molecular weight is 1410 g/mol. The third-order valence-electron chi connectivity index (χ3n) is 24.2. The number of benzene rings is 1. The van der Waals surface area contributed by atoms with E-state index in [0.717, 1.165) is 11.1 Å². The van der Waals surface area contributed by atoms with Crippen LogP contribution in [0.25, 0.3) is 6.08 Å². The molecule has 10 aliphatic rings. The third kappa shape index (κ3) is 14.6. The molecule has 0 aromatic heterocycles. The van der Waals surface area contributed by atoms with E-state index in [-0.39, 0.29) is 44.6 Å². The topological polar surface area (TPSA) is 365 Å². The van der Waals surface area contributed by atoms with Crippen LogP contribution < -0.4 is 0 Å². The van der Waals surface area contributed by atoms with Gasteiger partial charge in [0, 0.05) is 73.2 Å². The van der Waals surface area contributed by atoms with Crippen molar-refractivity contribution >= 4 is 12.0 Å². The van der Waals surface area contributed by atoms with Crippen molar-refractivity contribution < 1.29 is 136 Å². The average Bonchev–Trinajstić information content (AvgIpc) is 1.59. The van der Waals surface area contributed by atoms with Crippen LogP contribution in [0.5, 0.6) is 0 Å². The van der Waals surface area contributed by atoms with Gasteiger partial charge in [-0.1, -0.05) is 55.8 Å². The first-order valence-electron chi connectivity index (χ1n) is 35.3. The molecule has 6 aliphatic heterocycles. The quantitative estimate of drug-likeness (QED) is 0.0457. The number of fused-ring (bicyclic) bond motifs is 5. The predicted octanol–water partition coefficient (Wildman–Crippen LogP) is 2.36. The van der Waals surface area contributed by atoms with Crippen molar-refractivity contribution in [2.75, 3.05) is 42.2 Å². The molecule has 0 bridgehead atoms. The van der Waals surface area contributed by atoms with Crippen molar-refractivity contribution in [2.45, 2.75) is 321 Å². The number of methoxy groups -OCH3 is 5. The van der Waals surface area contributed by atoms with Crippen molar-refractivity contribution in [1.82, 2.24) is 0 Å². The van der Waals surface area contributed by atoms with Gasteiger partial charge in [0.1, 0.15) is 90.1 Å². The van der Waals surface area contributed by atoms with Crippen molar-refractivity contribution in [3.63, 3.8) is 0 Å². The van der Waals surface area contributed by atoms with Gasteiger partial charge in [0.15, 0.2) is 37.7 Å². The van der Waals surface area contributed by atoms with Crippen LogP contribution in [-0.2, 0) is 90.1 Å². The van der Waals surface area contributed by atoms with Crippen LogP contribution in [0.15, 0.2) is 48.1 Å². The Hall–Kier alpha value is -2.87. The summed E-state index contributed by atoms with van der Waals surface area (Å²) in [4.78, 5) is 13.7. The number of carbonyl (C=O) groups excluding carboxylic acids is 1. The first-order chi connectivity index (χ1) is 47.0. The van der Waals surface area contributed by atoms with Crippen LogP contribution in [0.4, 0.5) is 0 Å². The Morgan fingerprint density at radius 1 is 0.576 bits per heavy atom. The highest BCUT2D eigenvalue weighted by molar-refractivity contribution is 5.87. The molecule has 99 heavy (non-hydrogen) atoms. The molecule has 0 spiro atoms. The zero-order valence-corrected chi connectivity index (χ0v) is 59.2. The van der Waals surface area contributed by atoms with Crippen molar-refractivity contribution in [3.8, 4) is 0 Å². The summed E-state index contributed by atoms with van der Waals surface area (Å²) < 4.78 is 113. The molecule has 562 valence electrons. The van der Waals surface area contributed by atoms with E-state index in [1.54, 1.807) is 48.2 Å². The second-order valence-corrected chi connectivity index (χ2v) is 29.6. The van der Waals surface area contributed by atoms with E-state index in [4.69, 9.17) is 85.3 Å². The fourth-order valence-corrected chi connectivity index (χ4v) is 18.4. The standard InChI is InChI=1S/C71H110O28/c1-34-59(43(82-9)28-51(87-34)92-42-22-23-67(7)41(27-42)21-24-70(80)48(67)32-49(94-50(74)20-19-40-17-15-14-16-18-40)68(8)69(79,39(6)73)25-26-71(68,70)81)95-52-29-44(83-10)60(35(2)88-52)96-53-30-45(84-11)61(36(3)89-53)97-54-31-46(85-12)62(37(4)90-54)98-66-58(78)64(86-13)63(38(5)91-66)99-65-57(77)56(76)55(75)47(33-72)93-65/h14-21,34-39,42-49,51-66,72-73,75-81H,22-33H2,1-13H3/b20-19+/t34-,35-,36-,37-,38-,39+,42+,43+,44+,45-,46-,47-,48-,49-,51+,52+,53+,54+,55-,56+,57-,58-,59-,60-,61-,62-,63-,64-,65+,66+,67+,68-,69-,70+,71+/m1/s1. The lowest BCUT2D eigenvalue weighted by Gasteiger charge is -2.67. The maximum atomic E-state index is 13.7. The number of hydrogen-bond donors (Lipinski definition) is 9. The van der Waals surface area contributed by atoms with Crippen molar-refractivity contribution in [1.29, 1.82) is 0 Å². The van der Waals surface area contributed by atoms with Crippen molar-refractivity contribution in [3.05, 3.63) is 53.6 Å². The molecule has 1 aromatic rings. The summed E-state index contributed by atoms with van der Waals surface area (Å²) in [5, 5.41) is 102. The molecule has 6 heterocycles. The second-order valence-electron chi connectivity index (χ2n) is 29.6. The number of aliphatic hydroxyl groups is 9. The number of hydrogen-bond acceptors (Lipinski definition) is 28. The van der Waals surface area contributed by atoms with Gasteiger partial charge in [0.2, 0.25) is 0 Å². The van der Waals surface area contributed by atoms with Gasteiger partial charge in [0.05, 0.1) is 79.2 Å². The van der Waals surface area contributed by atoms with E-state index >= 15 is 0 Å². The molecule has 1 aromatic carbocycles. The molecule has 35 atom stereocenters. The van der Waals surface area contributed by atoms with Crippen LogP contribution >= 0.6 is 0 Å². The van der Waals surface area contributed by atoms with Gasteiger partial charge in [-0.3, -0.25) is 0 Å². The fraction of sp³-hybridized carbons (Fsp3) is 0.845.